The van der Waals surface area contributed by atoms with E-state index in [1.807, 2.05) is 13.8 Å². The van der Waals surface area contributed by atoms with Gasteiger partial charge in [-0.2, -0.15) is 0 Å². The Labute approximate surface area is 158 Å². The highest BCUT2D eigenvalue weighted by atomic mass is 19.1. The van der Waals surface area contributed by atoms with Gasteiger partial charge in [-0.05, 0) is 56.3 Å². The van der Waals surface area contributed by atoms with Crippen LogP contribution in [-0.2, 0) is 14.3 Å². The van der Waals surface area contributed by atoms with Crippen molar-refractivity contribution in [2.45, 2.75) is 64.8 Å². The normalized spacial score (nSPS) is 20.7. The standard InChI is InChI=1S/C19H25FN4O3/c1-11(2)10-14(18(26)27-19(3,4)5)24-16(15(17(24)25)22-23-21)12-6-8-13(20)9-7-12/h6-9,11,14-16H,10H2,1-5H3/t14-,15-,16+/m0/s1. The first-order valence-electron chi connectivity index (χ1n) is 8.90. The van der Waals surface area contributed by atoms with Gasteiger partial charge in [0.15, 0.2) is 0 Å². The highest BCUT2D eigenvalue weighted by molar-refractivity contribution is 5.94. The molecule has 0 aromatic heterocycles. The van der Waals surface area contributed by atoms with Crippen LogP contribution in [0.4, 0.5) is 4.39 Å². The summed E-state index contributed by atoms with van der Waals surface area (Å²) >= 11 is 0. The van der Waals surface area contributed by atoms with Crippen LogP contribution in [0.25, 0.3) is 10.4 Å². The maximum absolute atomic E-state index is 13.3. The van der Waals surface area contributed by atoms with Crippen molar-refractivity contribution in [3.63, 3.8) is 0 Å². The van der Waals surface area contributed by atoms with Crippen LogP contribution in [-0.4, -0.2) is 34.5 Å². The van der Waals surface area contributed by atoms with Gasteiger partial charge in [0.25, 0.3) is 0 Å². The molecule has 1 aromatic carbocycles. The van der Waals surface area contributed by atoms with E-state index in [9.17, 15) is 14.0 Å². The van der Waals surface area contributed by atoms with E-state index in [1.165, 1.54) is 29.2 Å². The van der Waals surface area contributed by atoms with E-state index in [2.05, 4.69) is 10.0 Å². The molecule has 0 unspecified atom stereocenters. The molecule has 1 aromatic rings. The number of esters is 1. The minimum Gasteiger partial charge on any atom is -0.458 e. The van der Waals surface area contributed by atoms with Crippen LogP contribution in [0.2, 0.25) is 0 Å². The number of halogens is 1. The Kier molecular flexibility index (Phi) is 6.11. The molecule has 1 saturated heterocycles. The summed E-state index contributed by atoms with van der Waals surface area (Å²) in [6.07, 6.45) is 0.404. The van der Waals surface area contributed by atoms with Gasteiger partial charge >= 0.3 is 5.97 Å². The molecule has 1 amide bonds. The molecule has 0 saturated carbocycles. The molecule has 2 rings (SSSR count). The number of rotatable bonds is 6. The maximum Gasteiger partial charge on any atom is 0.329 e. The molecular formula is C19H25FN4O3. The van der Waals surface area contributed by atoms with E-state index in [-0.39, 0.29) is 5.92 Å². The van der Waals surface area contributed by atoms with E-state index >= 15 is 0 Å². The minimum absolute atomic E-state index is 0.128. The fourth-order valence-corrected chi connectivity index (χ4v) is 3.15. The number of β-lactam (4-membered cyclic amide) rings is 1. The number of hydrogen-bond donors (Lipinski definition) is 0. The molecule has 0 N–H and O–H groups in total. The Balaban J connectivity index is 2.41. The Hall–Kier alpha value is -2.60. The van der Waals surface area contributed by atoms with Gasteiger partial charge < -0.3 is 9.64 Å². The second-order valence-electron chi connectivity index (χ2n) is 8.07. The van der Waals surface area contributed by atoms with Crippen LogP contribution in [0.3, 0.4) is 0 Å². The zero-order valence-electron chi connectivity index (χ0n) is 16.2. The predicted octanol–water partition coefficient (Wildman–Crippen LogP) is 4.14. The summed E-state index contributed by atoms with van der Waals surface area (Å²) in [5.41, 5.74) is 8.70. The van der Waals surface area contributed by atoms with Crippen LogP contribution >= 0.6 is 0 Å². The third-order valence-electron chi connectivity index (χ3n) is 4.20. The van der Waals surface area contributed by atoms with Crippen molar-refractivity contribution in [1.82, 2.24) is 4.90 Å². The average molecular weight is 376 g/mol. The van der Waals surface area contributed by atoms with Gasteiger partial charge in [0.2, 0.25) is 5.91 Å². The van der Waals surface area contributed by atoms with Crippen molar-refractivity contribution in [2.24, 2.45) is 11.0 Å². The largest absolute Gasteiger partial charge is 0.458 e. The summed E-state index contributed by atoms with van der Waals surface area (Å²) in [6, 6.07) is 3.20. The van der Waals surface area contributed by atoms with Crippen molar-refractivity contribution in [1.29, 1.82) is 0 Å². The van der Waals surface area contributed by atoms with Crippen LogP contribution in [0, 0.1) is 11.7 Å². The van der Waals surface area contributed by atoms with Crippen LogP contribution in [0.15, 0.2) is 29.4 Å². The van der Waals surface area contributed by atoms with Crippen molar-refractivity contribution in [3.05, 3.63) is 46.1 Å². The number of carbonyl (C=O) groups is 2. The lowest BCUT2D eigenvalue weighted by atomic mass is 9.85. The predicted molar refractivity (Wildman–Crippen MR) is 98.0 cm³/mol. The van der Waals surface area contributed by atoms with Crippen LogP contribution in [0.5, 0.6) is 0 Å². The van der Waals surface area contributed by atoms with Gasteiger partial charge in [0, 0.05) is 4.91 Å². The van der Waals surface area contributed by atoms with Gasteiger partial charge in [-0.3, -0.25) is 4.79 Å². The van der Waals surface area contributed by atoms with Crippen molar-refractivity contribution >= 4 is 11.9 Å². The van der Waals surface area contributed by atoms with E-state index in [0.29, 0.717) is 12.0 Å². The highest BCUT2D eigenvalue weighted by Crippen LogP contribution is 2.40. The number of benzene rings is 1. The summed E-state index contributed by atoms with van der Waals surface area (Å²) < 4.78 is 18.8. The van der Waals surface area contributed by atoms with E-state index < -0.39 is 41.4 Å². The first kappa shape index (κ1) is 20.7. The molecule has 146 valence electrons. The quantitative estimate of drug-likeness (QED) is 0.245. The molecule has 8 heteroatoms. The molecule has 0 aliphatic carbocycles. The molecule has 27 heavy (non-hydrogen) atoms. The second kappa shape index (κ2) is 7.96. The minimum atomic E-state index is -0.961. The molecule has 3 atom stereocenters. The molecule has 7 nitrogen and oxygen atoms in total. The Bertz CT molecular complexity index is 751. The van der Waals surface area contributed by atoms with Gasteiger partial charge in [0.05, 0.1) is 6.04 Å². The highest BCUT2D eigenvalue weighted by Gasteiger charge is 2.53. The Morgan fingerprint density at radius 1 is 1.33 bits per heavy atom. The maximum atomic E-state index is 13.3. The van der Waals surface area contributed by atoms with E-state index in [4.69, 9.17) is 10.3 Å². The van der Waals surface area contributed by atoms with Crippen molar-refractivity contribution < 1.29 is 18.7 Å². The van der Waals surface area contributed by atoms with Crippen molar-refractivity contribution in [3.8, 4) is 0 Å². The van der Waals surface area contributed by atoms with E-state index in [1.54, 1.807) is 20.8 Å². The third-order valence-corrected chi connectivity index (χ3v) is 4.20. The molecular weight excluding hydrogens is 351 g/mol. The summed E-state index contributed by atoms with van der Waals surface area (Å²) in [7, 11) is 0. The smallest absolute Gasteiger partial charge is 0.329 e. The van der Waals surface area contributed by atoms with Gasteiger partial charge in [-0.25, -0.2) is 9.18 Å². The van der Waals surface area contributed by atoms with Crippen molar-refractivity contribution in [2.75, 3.05) is 0 Å². The number of likely N-dealkylation sites (tertiary alicyclic amines) is 1. The SMILES string of the molecule is CC(C)C[C@@H](C(=O)OC(C)(C)C)N1C(=O)[C@@H](N=[N+]=[N-])[C@H]1c1ccc(F)cc1. The lowest BCUT2D eigenvalue weighted by molar-refractivity contribution is -0.175. The summed E-state index contributed by atoms with van der Waals surface area (Å²) in [5, 5.41) is 3.58. The summed E-state index contributed by atoms with van der Waals surface area (Å²) in [5.74, 6) is -1.22. The topological polar surface area (TPSA) is 95.4 Å². The summed E-state index contributed by atoms with van der Waals surface area (Å²) in [6.45, 7) is 9.17. The van der Waals surface area contributed by atoms with Gasteiger partial charge in [-0.1, -0.05) is 31.1 Å². The Morgan fingerprint density at radius 3 is 2.41 bits per heavy atom. The first-order valence-corrected chi connectivity index (χ1v) is 8.90. The first-order chi connectivity index (χ1) is 12.5. The second-order valence-corrected chi connectivity index (χ2v) is 8.07. The number of ether oxygens (including phenoxy) is 1. The van der Waals surface area contributed by atoms with Gasteiger partial charge in [-0.15, -0.1) is 0 Å². The number of carbonyl (C=O) groups excluding carboxylic acids is 2. The molecule has 1 heterocycles. The number of hydrogen-bond acceptors (Lipinski definition) is 4. The molecule has 1 fully saturated rings. The molecule has 1 aliphatic heterocycles. The fraction of sp³-hybridized carbons (Fsp3) is 0.579. The molecule has 0 radical (unpaired) electrons. The summed E-state index contributed by atoms with van der Waals surface area (Å²) in [4.78, 5) is 29.6. The average Bonchev–Trinajstić information content (AvgIpc) is 2.55. The van der Waals surface area contributed by atoms with E-state index in [0.717, 1.165) is 0 Å². The monoisotopic (exact) mass is 376 g/mol. The fourth-order valence-electron chi connectivity index (χ4n) is 3.15. The molecule has 1 aliphatic rings. The number of amides is 1. The third kappa shape index (κ3) is 4.77. The van der Waals surface area contributed by atoms with Gasteiger partial charge in [0.1, 0.15) is 23.5 Å². The lowest BCUT2D eigenvalue weighted by Gasteiger charge is -2.49. The van der Waals surface area contributed by atoms with Crippen LogP contribution in [0.1, 0.15) is 52.6 Å². The lowest BCUT2D eigenvalue weighted by Crippen LogP contribution is -2.64. The molecule has 0 bridgehead atoms. The zero-order chi connectivity index (χ0) is 20.4. The molecule has 0 spiro atoms. The Morgan fingerprint density at radius 2 is 1.93 bits per heavy atom. The van der Waals surface area contributed by atoms with Crippen LogP contribution < -0.4 is 0 Å². The number of nitrogens with zero attached hydrogens (tertiary/aromatic N) is 4. The number of azide groups is 1. The zero-order valence-corrected chi connectivity index (χ0v) is 16.2.